The summed E-state index contributed by atoms with van der Waals surface area (Å²) < 4.78 is 0. The molecule has 1 saturated heterocycles. The molecule has 0 saturated carbocycles. The molecule has 1 amide bonds. The summed E-state index contributed by atoms with van der Waals surface area (Å²) in [7, 11) is 0. The van der Waals surface area contributed by atoms with Crippen LogP contribution >= 0.6 is 0 Å². The second kappa shape index (κ2) is 4.43. The second-order valence-corrected chi connectivity index (χ2v) is 4.20. The number of benzene rings is 1. The van der Waals surface area contributed by atoms with E-state index in [1.165, 1.54) is 6.42 Å². The van der Waals surface area contributed by atoms with Crippen LogP contribution < -0.4 is 11.5 Å². The minimum atomic E-state index is 0.0615. The largest absolute Gasteiger partial charge is 0.397 e. The fourth-order valence-corrected chi connectivity index (χ4v) is 1.99. The van der Waals surface area contributed by atoms with Crippen molar-refractivity contribution in [3.8, 4) is 0 Å². The van der Waals surface area contributed by atoms with Gasteiger partial charge in [0.1, 0.15) is 0 Å². The molecule has 0 spiro atoms. The van der Waals surface area contributed by atoms with E-state index in [9.17, 15) is 4.79 Å². The summed E-state index contributed by atoms with van der Waals surface area (Å²) in [5, 5.41) is 0. The average molecular weight is 219 g/mol. The van der Waals surface area contributed by atoms with E-state index in [2.05, 4.69) is 0 Å². The van der Waals surface area contributed by atoms with Crippen LogP contribution in [-0.2, 0) is 0 Å². The normalized spacial score (nSPS) is 16.1. The fraction of sp³-hybridized carbons (Fsp3) is 0.417. The molecule has 0 unspecified atom stereocenters. The molecule has 0 aromatic heterocycles. The van der Waals surface area contributed by atoms with E-state index in [0.29, 0.717) is 16.9 Å². The maximum atomic E-state index is 12.1. The summed E-state index contributed by atoms with van der Waals surface area (Å²) in [5.74, 6) is 0.0615. The van der Waals surface area contributed by atoms with Crippen molar-refractivity contribution in [3.05, 3.63) is 23.8 Å². The third kappa shape index (κ3) is 2.10. The predicted molar refractivity (Wildman–Crippen MR) is 65.0 cm³/mol. The molecule has 0 radical (unpaired) electrons. The standard InChI is InChI=1S/C12H17N3O/c13-10-5-4-9(8-11(10)14)12(16)15-6-2-1-3-7-15/h4-5,8H,1-3,6-7,13-14H2. The molecule has 16 heavy (non-hydrogen) atoms. The zero-order valence-corrected chi connectivity index (χ0v) is 9.28. The number of nitrogen functional groups attached to an aromatic ring is 2. The van der Waals surface area contributed by atoms with Crippen LogP contribution in [0.5, 0.6) is 0 Å². The van der Waals surface area contributed by atoms with Gasteiger partial charge in [-0.1, -0.05) is 0 Å². The Kier molecular flexibility index (Phi) is 2.99. The Balaban J connectivity index is 2.16. The molecule has 1 aromatic rings. The molecular weight excluding hydrogens is 202 g/mol. The molecule has 1 heterocycles. The van der Waals surface area contributed by atoms with Gasteiger partial charge in [-0.25, -0.2) is 0 Å². The van der Waals surface area contributed by atoms with Crippen molar-refractivity contribution in [2.45, 2.75) is 19.3 Å². The first-order chi connectivity index (χ1) is 7.68. The van der Waals surface area contributed by atoms with Crippen LogP contribution in [0.3, 0.4) is 0 Å². The lowest BCUT2D eigenvalue weighted by Gasteiger charge is -2.26. The van der Waals surface area contributed by atoms with Crippen LogP contribution in [0, 0.1) is 0 Å². The summed E-state index contributed by atoms with van der Waals surface area (Å²) in [6.45, 7) is 1.70. The third-order valence-corrected chi connectivity index (χ3v) is 2.98. The number of carbonyl (C=O) groups excluding carboxylic acids is 1. The van der Waals surface area contributed by atoms with Crippen LogP contribution in [0.4, 0.5) is 11.4 Å². The molecule has 1 aliphatic rings. The number of rotatable bonds is 1. The van der Waals surface area contributed by atoms with Gasteiger partial charge >= 0.3 is 0 Å². The van der Waals surface area contributed by atoms with Gasteiger partial charge in [0.25, 0.3) is 5.91 Å². The van der Waals surface area contributed by atoms with Crippen molar-refractivity contribution in [2.75, 3.05) is 24.6 Å². The highest BCUT2D eigenvalue weighted by Gasteiger charge is 2.18. The van der Waals surface area contributed by atoms with E-state index >= 15 is 0 Å². The van der Waals surface area contributed by atoms with Crippen LogP contribution in [0.1, 0.15) is 29.6 Å². The van der Waals surface area contributed by atoms with Gasteiger partial charge in [0, 0.05) is 18.7 Å². The number of anilines is 2. The molecule has 4 heteroatoms. The number of hydrogen-bond donors (Lipinski definition) is 2. The molecule has 1 aromatic carbocycles. The van der Waals surface area contributed by atoms with E-state index in [-0.39, 0.29) is 5.91 Å². The van der Waals surface area contributed by atoms with Crippen LogP contribution in [0.25, 0.3) is 0 Å². The Morgan fingerprint density at radius 2 is 1.75 bits per heavy atom. The maximum Gasteiger partial charge on any atom is 0.253 e. The van der Waals surface area contributed by atoms with Gasteiger partial charge in [-0.2, -0.15) is 0 Å². The van der Waals surface area contributed by atoms with Gasteiger partial charge in [-0.3, -0.25) is 4.79 Å². The molecule has 4 nitrogen and oxygen atoms in total. The van der Waals surface area contributed by atoms with Gasteiger partial charge in [0.05, 0.1) is 11.4 Å². The van der Waals surface area contributed by atoms with E-state index < -0.39 is 0 Å². The zero-order valence-electron chi connectivity index (χ0n) is 9.28. The first-order valence-corrected chi connectivity index (χ1v) is 5.63. The number of carbonyl (C=O) groups is 1. The Morgan fingerprint density at radius 3 is 2.38 bits per heavy atom. The Bertz CT molecular complexity index is 397. The highest BCUT2D eigenvalue weighted by molar-refractivity contribution is 5.96. The number of nitrogens with zero attached hydrogens (tertiary/aromatic N) is 1. The van der Waals surface area contributed by atoms with E-state index in [1.54, 1.807) is 18.2 Å². The molecule has 1 fully saturated rings. The van der Waals surface area contributed by atoms with Crippen LogP contribution in [-0.4, -0.2) is 23.9 Å². The molecule has 0 bridgehead atoms. The number of hydrogen-bond acceptors (Lipinski definition) is 3. The van der Waals surface area contributed by atoms with Gasteiger partial charge in [-0.15, -0.1) is 0 Å². The van der Waals surface area contributed by atoms with Gasteiger partial charge in [0.15, 0.2) is 0 Å². The van der Waals surface area contributed by atoms with Gasteiger partial charge in [-0.05, 0) is 37.5 Å². The Labute approximate surface area is 95.2 Å². The first-order valence-electron chi connectivity index (χ1n) is 5.63. The van der Waals surface area contributed by atoms with Crippen molar-refractivity contribution in [1.29, 1.82) is 0 Å². The van der Waals surface area contributed by atoms with Crippen molar-refractivity contribution in [2.24, 2.45) is 0 Å². The SMILES string of the molecule is Nc1ccc(C(=O)N2CCCCC2)cc1N. The van der Waals surface area contributed by atoms with Crippen LogP contribution in [0.15, 0.2) is 18.2 Å². The quantitative estimate of drug-likeness (QED) is 0.703. The highest BCUT2D eigenvalue weighted by Crippen LogP contribution is 2.19. The maximum absolute atomic E-state index is 12.1. The molecular formula is C12H17N3O. The van der Waals surface area contributed by atoms with Gasteiger partial charge < -0.3 is 16.4 Å². The lowest BCUT2D eigenvalue weighted by Crippen LogP contribution is -2.35. The van der Waals surface area contributed by atoms with E-state index in [1.807, 2.05) is 4.90 Å². The molecule has 0 aliphatic carbocycles. The lowest BCUT2D eigenvalue weighted by atomic mass is 10.1. The molecule has 86 valence electrons. The molecule has 4 N–H and O–H groups in total. The third-order valence-electron chi connectivity index (χ3n) is 2.98. The smallest absolute Gasteiger partial charge is 0.253 e. The van der Waals surface area contributed by atoms with Crippen LogP contribution in [0.2, 0.25) is 0 Å². The molecule has 1 aliphatic heterocycles. The predicted octanol–water partition coefficient (Wildman–Crippen LogP) is 1.48. The number of likely N-dealkylation sites (tertiary alicyclic amines) is 1. The topological polar surface area (TPSA) is 72.4 Å². The summed E-state index contributed by atoms with van der Waals surface area (Å²) in [5.41, 5.74) is 12.9. The summed E-state index contributed by atoms with van der Waals surface area (Å²) >= 11 is 0. The number of piperidine rings is 1. The monoisotopic (exact) mass is 219 g/mol. The van der Waals surface area contributed by atoms with Crippen molar-refractivity contribution < 1.29 is 4.79 Å². The fourth-order valence-electron chi connectivity index (χ4n) is 1.99. The number of nitrogens with two attached hydrogens (primary N) is 2. The number of amides is 1. The average Bonchev–Trinajstić information content (AvgIpc) is 2.33. The van der Waals surface area contributed by atoms with Crippen molar-refractivity contribution in [1.82, 2.24) is 4.90 Å². The summed E-state index contributed by atoms with van der Waals surface area (Å²) in [6, 6.07) is 5.08. The second-order valence-electron chi connectivity index (χ2n) is 4.20. The lowest BCUT2D eigenvalue weighted by molar-refractivity contribution is 0.0724. The van der Waals surface area contributed by atoms with E-state index in [4.69, 9.17) is 11.5 Å². The van der Waals surface area contributed by atoms with Crippen molar-refractivity contribution in [3.63, 3.8) is 0 Å². The molecule has 2 rings (SSSR count). The minimum absolute atomic E-state index is 0.0615. The first kappa shape index (κ1) is 10.8. The zero-order chi connectivity index (χ0) is 11.5. The van der Waals surface area contributed by atoms with Crippen molar-refractivity contribution >= 4 is 17.3 Å². The Hall–Kier alpha value is -1.71. The van der Waals surface area contributed by atoms with Gasteiger partial charge in [0.2, 0.25) is 0 Å². The summed E-state index contributed by atoms with van der Waals surface area (Å²) in [4.78, 5) is 14.0. The molecule has 0 atom stereocenters. The Morgan fingerprint density at radius 1 is 1.06 bits per heavy atom. The minimum Gasteiger partial charge on any atom is -0.397 e. The van der Waals surface area contributed by atoms with E-state index in [0.717, 1.165) is 25.9 Å². The highest BCUT2D eigenvalue weighted by atomic mass is 16.2. The summed E-state index contributed by atoms with van der Waals surface area (Å²) in [6.07, 6.45) is 3.40.